The predicted molar refractivity (Wildman–Crippen MR) is 128 cm³/mol. The molecule has 0 radical (unpaired) electrons. The average Bonchev–Trinajstić information content (AvgIpc) is 2.79. The third kappa shape index (κ3) is 4.66. The predicted octanol–water partition coefficient (Wildman–Crippen LogP) is 4.18. The van der Waals surface area contributed by atoms with Crippen LogP contribution in [0.1, 0.15) is 36.8 Å². The van der Waals surface area contributed by atoms with Crippen molar-refractivity contribution in [1.29, 1.82) is 0 Å². The molecule has 2 heterocycles. The SMILES string of the molecule is C/C=C/c1ccc([C@H]2[C@H](CO)N3CCCCN(C(=O)Nc4ccc(OC)cc4)C[C@@H]23)cc1. The molecular weight excluding hydrogens is 402 g/mol. The number of ether oxygens (including phenoxy) is 1. The number of rotatable bonds is 5. The Balaban J connectivity index is 1.50. The van der Waals surface area contributed by atoms with Crippen LogP contribution in [0, 0.1) is 0 Å². The topological polar surface area (TPSA) is 65.0 Å². The van der Waals surface area contributed by atoms with E-state index in [1.165, 1.54) is 11.1 Å². The van der Waals surface area contributed by atoms with Gasteiger partial charge in [-0.05, 0) is 61.7 Å². The molecule has 2 aromatic rings. The van der Waals surface area contributed by atoms with Gasteiger partial charge >= 0.3 is 6.03 Å². The molecule has 32 heavy (non-hydrogen) atoms. The smallest absolute Gasteiger partial charge is 0.321 e. The van der Waals surface area contributed by atoms with Crippen molar-refractivity contribution in [2.75, 3.05) is 38.7 Å². The fourth-order valence-corrected chi connectivity index (χ4v) is 5.02. The summed E-state index contributed by atoms with van der Waals surface area (Å²) in [5.74, 6) is 0.978. The van der Waals surface area contributed by atoms with Crippen molar-refractivity contribution in [2.45, 2.75) is 37.8 Å². The molecule has 2 N–H and O–H groups in total. The summed E-state index contributed by atoms with van der Waals surface area (Å²) in [6, 6.07) is 16.2. The summed E-state index contributed by atoms with van der Waals surface area (Å²) in [5.41, 5.74) is 3.16. The number of aliphatic hydroxyl groups excluding tert-OH is 1. The summed E-state index contributed by atoms with van der Waals surface area (Å²) < 4.78 is 5.20. The number of nitrogens with one attached hydrogen (secondary N) is 1. The molecule has 0 bridgehead atoms. The fraction of sp³-hybridized carbons (Fsp3) is 0.423. The highest BCUT2D eigenvalue weighted by molar-refractivity contribution is 5.89. The van der Waals surface area contributed by atoms with Crippen LogP contribution in [-0.4, -0.2) is 66.4 Å². The van der Waals surface area contributed by atoms with Crippen molar-refractivity contribution in [1.82, 2.24) is 9.80 Å². The number of anilines is 1. The van der Waals surface area contributed by atoms with Gasteiger partial charge in [-0.3, -0.25) is 4.90 Å². The van der Waals surface area contributed by atoms with Crippen LogP contribution >= 0.6 is 0 Å². The van der Waals surface area contributed by atoms with Crippen LogP contribution in [0.3, 0.4) is 0 Å². The number of urea groups is 1. The molecule has 0 saturated carbocycles. The zero-order chi connectivity index (χ0) is 22.5. The molecule has 0 spiro atoms. The van der Waals surface area contributed by atoms with Crippen LogP contribution in [0.25, 0.3) is 6.08 Å². The van der Waals surface area contributed by atoms with Gasteiger partial charge in [-0.25, -0.2) is 4.79 Å². The van der Waals surface area contributed by atoms with E-state index in [2.05, 4.69) is 40.6 Å². The van der Waals surface area contributed by atoms with Crippen LogP contribution in [0.5, 0.6) is 5.75 Å². The third-order valence-electron chi connectivity index (χ3n) is 6.68. The van der Waals surface area contributed by atoms with Gasteiger partial charge in [0.25, 0.3) is 0 Å². The summed E-state index contributed by atoms with van der Waals surface area (Å²) in [4.78, 5) is 17.4. The zero-order valence-electron chi connectivity index (χ0n) is 18.9. The Morgan fingerprint density at radius 2 is 1.84 bits per heavy atom. The molecule has 6 nitrogen and oxygen atoms in total. The highest BCUT2D eigenvalue weighted by Crippen LogP contribution is 2.42. The Morgan fingerprint density at radius 3 is 2.50 bits per heavy atom. The van der Waals surface area contributed by atoms with Gasteiger partial charge in [-0.2, -0.15) is 0 Å². The number of amides is 2. The summed E-state index contributed by atoms with van der Waals surface area (Å²) >= 11 is 0. The first kappa shape index (κ1) is 22.4. The molecule has 4 rings (SSSR count). The molecule has 2 amide bonds. The summed E-state index contributed by atoms with van der Waals surface area (Å²) in [7, 11) is 1.63. The second-order valence-corrected chi connectivity index (χ2v) is 8.56. The molecule has 2 aromatic carbocycles. The molecule has 2 saturated heterocycles. The Morgan fingerprint density at radius 1 is 1.12 bits per heavy atom. The molecule has 3 atom stereocenters. The van der Waals surface area contributed by atoms with E-state index in [0.29, 0.717) is 6.54 Å². The maximum atomic E-state index is 13.1. The Bertz CT molecular complexity index is 926. The minimum absolute atomic E-state index is 0.0772. The van der Waals surface area contributed by atoms with E-state index in [9.17, 15) is 9.90 Å². The number of carbonyl (C=O) groups excluding carboxylic acids is 1. The lowest BCUT2D eigenvalue weighted by Gasteiger charge is -2.57. The Hall–Kier alpha value is -2.83. The monoisotopic (exact) mass is 435 g/mol. The van der Waals surface area contributed by atoms with E-state index in [1.54, 1.807) is 7.11 Å². The zero-order valence-corrected chi connectivity index (χ0v) is 18.9. The summed E-state index contributed by atoms with van der Waals surface area (Å²) in [5, 5.41) is 13.1. The van der Waals surface area contributed by atoms with Gasteiger partial charge in [0.2, 0.25) is 0 Å². The van der Waals surface area contributed by atoms with Gasteiger partial charge in [0.1, 0.15) is 5.75 Å². The molecular formula is C26H33N3O3. The summed E-state index contributed by atoms with van der Waals surface area (Å²) in [6.45, 7) is 4.51. The van der Waals surface area contributed by atoms with E-state index in [1.807, 2.05) is 42.2 Å². The molecule has 0 aliphatic carbocycles. The molecule has 2 fully saturated rings. The van der Waals surface area contributed by atoms with Crippen LogP contribution < -0.4 is 10.1 Å². The van der Waals surface area contributed by atoms with E-state index in [-0.39, 0.29) is 30.6 Å². The number of allylic oxidation sites excluding steroid dienone is 1. The molecule has 2 aliphatic heterocycles. The third-order valence-corrected chi connectivity index (χ3v) is 6.68. The first-order valence-corrected chi connectivity index (χ1v) is 11.4. The van der Waals surface area contributed by atoms with Crippen LogP contribution in [-0.2, 0) is 0 Å². The molecule has 6 heteroatoms. The number of hydrogen-bond donors (Lipinski definition) is 2. The molecule has 2 aliphatic rings. The first-order valence-electron chi connectivity index (χ1n) is 11.4. The van der Waals surface area contributed by atoms with Crippen molar-refractivity contribution < 1.29 is 14.6 Å². The van der Waals surface area contributed by atoms with E-state index < -0.39 is 0 Å². The largest absolute Gasteiger partial charge is 0.497 e. The normalized spacial score (nSPS) is 23.7. The average molecular weight is 436 g/mol. The van der Waals surface area contributed by atoms with Crippen LogP contribution in [0.2, 0.25) is 0 Å². The minimum Gasteiger partial charge on any atom is -0.497 e. The second kappa shape index (κ2) is 10.2. The van der Waals surface area contributed by atoms with Crippen molar-refractivity contribution in [2.24, 2.45) is 0 Å². The van der Waals surface area contributed by atoms with Crippen LogP contribution in [0.4, 0.5) is 10.5 Å². The van der Waals surface area contributed by atoms with E-state index >= 15 is 0 Å². The van der Waals surface area contributed by atoms with Crippen molar-refractivity contribution in [3.63, 3.8) is 0 Å². The number of nitrogens with zero attached hydrogens (tertiary/aromatic N) is 2. The van der Waals surface area contributed by atoms with E-state index in [0.717, 1.165) is 37.4 Å². The first-order chi connectivity index (χ1) is 15.6. The van der Waals surface area contributed by atoms with Crippen LogP contribution in [0.15, 0.2) is 54.6 Å². The second-order valence-electron chi connectivity index (χ2n) is 8.56. The number of aliphatic hydroxyl groups is 1. The summed E-state index contributed by atoms with van der Waals surface area (Å²) in [6.07, 6.45) is 6.10. The maximum absolute atomic E-state index is 13.1. The number of methoxy groups -OCH3 is 1. The van der Waals surface area contributed by atoms with Gasteiger partial charge in [-0.15, -0.1) is 0 Å². The lowest BCUT2D eigenvalue weighted by atomic mass is 9.74. The van der Waals surface area contributed by atoms with Gasteiger partial charge in [0.15, 0.2) is 0 Å². The van der Waals surface area contributed by atoms with Gasteiger partial charge in [-0.1, -0.05) is 36.4 Å². The minimum atomic E-state index is -0.0772. The molecule has 0 unspecified atom stereocenters. The maximum Gasteiger partial charge on any atom is 0.321 e. The highest BCUT2D eigenvalue weighted by Gasteiger charge is 2.49. The number of carbonyl (C=O) groups is 1. The number of fused-ring (bicyclic) bond motifs is 1. The molecule has 0 aromatic heterocycles. The molecule has 170 valence electrons. The quantitative estimate of drug-likeness (QED) is 0.739. The lowest BCUT2D eigenvalue weighted by molar-refractivity contribution is -0.0585. The Kier molecular flexibility index (Phi) is 7.12. The van der Waals surface area contributed by atoms with Crippen molar-refractivity contribution in [3.8, 4) is 5.75 Å². The standard InChI is InChI=1S/C26H33N3O3/c1-3-6-19-7-9-20(10-8-19)25-23-17-28(15-4-5-16-29(23)24(25)18-30)26(31)27-21-11-13-22(32-2)14-12-21/h3,6-14,23-25,30H,4-5,15-18H2,1-2H3,(H,27,31)/b6-3+/t23-,24-,25+/m0/s1. The van der Waals surface area contributed by atoms with E-state index in [4.69, 9.17) is 4.74 Å². The number of benzene rings is 2. The Labute approximate surface area is 190 Å². The van der Waals surface area contributed by atoms with Gasteiger partial charge in [0, 0.05) is 36.8 Å². The van der Waals surface area contributed by atoms with Gasteiger partial charge in [0.05, 0.1) is 13.7 Å². The highest BCUT2D eigenvalue weighted by atomic mass is 16.5. The number of hydrogen-bond acceptors (Lipinski definition) is 4. The lowest BCUT2D eigenvalue weighted by Crippen LogP contribution is -2.68. The fourth-order valence-electron chi connectivity index (χ4n) is 5.02. The van der Waals surface area contributed by atoms with Crippen molar-refractivity contribution >= 4 is 17.8 Å². The van der Waals surface area contributed by atoms with Crippen molar-refractivity contribution in [3.05, 3.63) is 65.7 Å². The van der Waals surface area contributed by atoms with Gasteiger partial charge < -0.3 is 20.1 Å².